The van der Waals surface area contributed by atoms with Crippen molar-refractivity contribution in [3.05, 3.63) is 40.9 Å². The van der Waals surface area contributed by atoms with E-state index in [1.54, 1.807) is 6.20 Å². The van der Waals surface area contributed by atoms with Gasteiger partial charge in [-0.2, -0.15) is 0 Å². The standard InChI is InChI=1S/C11H8N2O2S/c14-10(15)9-6-13-5-7-3-1-2-4-8(7)12-11(13)16-9/h1-4,6H,5H2,(H,14,15). The van der Waals surface area contributed by atoms with Gasteiger partial charge in [-0.15, -0.1) is 0 Å². The molecule has 0 amide bonds. The highest BCUT2D eigenvalue weighted by Gasteiger charge is 2.28. The smallest absolute Gasteiger partial charge is 0.344 e. The molecule has 0 aromatic heterocycles. The van der Waals surface area contributed by atoms with Crippen LogP contribution in [-0.4, -0.2) is 21.1 Å². The van der Waals surface area contributed by atoms with Crippen molar-refractivity contribution in [2.24, 2.45) is 4.99 Å². The largest absolute Gasteiger partial charge is 0.477 e. The molecule has 0 fully saturated rings. The Balaban J connectivity index is 2.00. The van der Waals surface area contributed by atoms with Crippen LogP contribution in [0.3, 0.4) is 0 Å². The molecule has 5 heteroatoms. The van der Waals surface area contributed by atoms with E-state index in [0.717, 1.165) is 16.4 Å². The first-order valence-electron chi connectivity index (χ1n) is 4.80. The lowest BCUT2D eigenvalue weighted by atomic mass is 10.1. The molecule has 0 bridgehead atoms. The van der Waals surface area contributed by atoms with Crippen molar-refractivity contribution in [1.82, 2.24) is 4.90 Å². The maximum absolute atomic E-state index is 10.8. The molecule has 0 aliphatic carbocycles. The third kappa shape index (κ3) is 1.40. The molecule has 2 aliphatic heterocycles. The Kier molecular flexibility index (Phi) is 2.00. The molecule has 1 aromatic rings. The van der Waals surface area contributed by atoms with Gasteiger partial charge in [0.2, 0.25) is 0 Å². The Morgan fingerprint density at radius 2 is 2.25 bits per heavy atom. The van der Waals surface area contributed by atoms with Gasteiger partial charge in [0.25, 0.3) is 0 Å². The van der Waals surface area contributed by atoms with Crippen LogP contribution in [0.2, 0.25) is 0 Å². The summed E-state index contributed by atoms with van der Waals surface area (Å²) in [5, 5.41) is 9.65. The molecule has 0 unspecified atom stereocenters. The average molecular weight is 232 g/mol. The van der Waals surface area contributed by atoms with Crippen molar-refractivity contribution in [3.8, 4) is 0 Å². The highest BCUT2D eigenvalue weighted by atomic mass is 32.2. The van der Waals surface area contributed by atoms with Gasteiger partial charge in [-0.1, -0.05) is 18.2 Å². The van der Waals surface area contributed by atoms with E-state index in [4.69, 9.17) is 5.11 Å². The van der Waals surface area contributed by atoms with Gasteiger partial charge >= 0.3 is 5.97 Å². The van der Waals surface area contributed by atoms with Gasteiger partial charge in [-0.05, 0) is 23.4 Å². The van der Waals surface area contributed by atoms with Crippen LogP contribution in [0.4, 0.5) is 5.69 Å². The van der Waals surface area contributed by atoms with Crippen molar-refractivity contribution in [3.63, 3.8) is 0 Å². The average Bonchev–Trinajstić information content (AvgIpc) is 2.68. The summed E-state index contributed by atoms with van der Waals surface area (Å²) in [6, 6.07) is 7.85. The number of thioether (sulfide) groups is 1. The topological polar surface area (TPSA) is 52.9 Å². The molecule has 3 rings (SSSR count). The van der Waals surface area contributed by atoms with Crippen LogP contribution in [0.15, 0.2) is 40.4 Å². The maximum atomic E-state index is 10.8. The molecule has 2 heterocycles. The molecule has 1 N–H and O–H groups in total. The molecular weight excluding hydrogens is 224 g/mol. The van der Waals surface area contributed by atoms with Gasteiger partial charge in [-0.25, -0.2) is 9.79 Å². The first kappa shape index (κ1) is 9.47. The zero-order valence-corrected chi connectivity index (χ0v) is 9.07. The number of carboxylic acids is 1. The number of para-hydroxylation sites is 1. The summed E-state index contributed by atoms with van der Waals surface area (Å²) in [6.07, 6.45) is 1.64. The summed E-state index contributed by atoms with van der Waals surface area (Å²) in [7, 11) is 0. The van der Waals surface area contributed by atoms with E-state index >= 15 is 0 Å². The van der Waals surface area contributed by atoms with Gasteiger partial charge < -0.3 is 10.0 Å². The number of fused-ring (bicyclic) bond motifs is 2. The van der Waals surface area contributed by atoms with Crippen molar-refractivity contribution < 1.29 is 9.90 Å². The minimum absolute atomic E-state index is 0.326. The van der Waals surface area contributed by atoms with Crippen LogP contribution in [0.1, 0.15) is 5.56 Å². The van der Waals surface area contributed by atoms with Gasteiger partial charge in [0.1, 0.15) is 4.91 Å². The van der Waals surface area contributed by atoms with E-state index < -0.39 is 5.97 Å². The molecular formula is C11H8N2O2S. The Morgan fingerprint density at radius 1 is 1.44 bits per heavy atom. The number of rotatable bonds is 1. The molecule has 0 saturated heterocycles. The number of benzene rings is 1. The van der Waals surface area contributed by atoms with Crippen LogP contribution in [0.5, 0.6) is 0 Å². The van der Waals surface area contributed by atoms with Crippen molar-refractivity contribution in [1.29, 1.82) is 0 Å². The lowest BCUT2D eigenvalue weighted by Crippen LogP contribution is -2.21. The fourth-order valence-corrected chi connectivity index (χ4v) is 2.56. The second kappa shape index (κ2) is 3.38. The monoisotopic (exact) mass is 232 g/mol. The third-order valence-electron chi connectivity index (χ3n) is 2.48. The van der Waals surface area contributed by atoms with E-state index in [1.165, 1.54) is 11.8 Å². The molecule has 16 heavy (non-hydrogen) atoms. The second-order valence-corrected chi connectivity index (χ2v) is 4.56. The minimum Gasteiger partial charge on any atom is -0.477 e. The van der Waals surface area contributed by atoms with E-state index in [1.807, 2.05) is 29.2 Å². The SMILES string of the molecule is O=C(O)C1=CN2Cc3ccccc3N=C2S1. The Labute approximate surface area is 96.3 Å². The highest BCUT2D eigenvalue weighted by molar-refractivity contribution is 8.18. The first-order valence-corrected chi connectivity index (χ1v) is 5.62. The number of hydrogen-bond donors (Lipinski definition) is 1. The summed E-state index contributed by atoms with van der Waals surface area (Å²) in [5.41, 5.74) is 2.05. The van der Waals surface area contributed by atoms with Crippen LogP contribution < -0.4 is 0 Å². The van der Waals surface area contributed by atoms with Gasteiger partial charge in [0.15, 0.2) is 5.17 Å². The molecule has 2 aliphatic rings. The van der Waals surface area contributed by atoms with Crippen molar-refractivity contribution >= 4 is 28.6 Å². The number of nitrogens with zero attached hydrogens (tertiary/aromatic N) is 2. The normalized spacial score (nSPS) is 17.4. The van der Waals surface area contributed by atoms with Gasteiger partial charge in [0.05, 0.1) is 12.2 Å². The van der Waals surface area contributed by atoms with E-state index in [-0.39, 0.29) is 0 Å². The van der Waals surface area contributed by atoms with Gasteiger partial charge in [-0.3, -0.25) is 0 Å². The van der Waals surface area contributed by atoms with Crippen LogP contribution in [0, 0.1) is 0 Å². The molecule has 0 atom stereocenters. The van der Waals surface area contributed by atoms with E-state index in [2.05, 4.69) is 4.99 Å². The number of aliphatic imine (C=N–C) groups is 1. The predicted molar refractivity (Wildman–Crippen MR) is 62.4 cm³/mol. The lowest BCUT2D eigenvalue weighted by Gasteiger charge is -2.21. The quantitative estimate of drug-likeness (QED) is 0.806. The maximum Gasteiger partial charge on any atom is 0.344 e. The summed E-state index contributed by atoms with van der Waals surface area (Å²) >= 11 is 1.20. The Hall–Kier alpha value is -1.75. The number of carboxylic acid groups (broad SMARTS) is 1. The fourth-order valence-electron chi connectivity index (χ4n) is 1.72. The van der Waals surface area contributed by atoms with Crippen LogP contribution in [0.25, 0.3) is 0 Å². The van der Waals surface area contributed by atoms with Crippen LogP contribution in [-0.2, 0) is 11.3 Å². The molecule has 0 radical (unpaired) electrons. The molecule has 1 aromatic carbocycles. The van der Waals surface area contributed by atoms with E-state index in [0.29, 0.717) is 11.4 Å². The van der Waals surface area contributed by atoms with Crippen molar-refractivity contribution in [2.45, 2.75) is 6.54 Å². The minimum atomic E-state index is -0.897. The summed E-state index contributed by atoms with van der Waals surface area (Å²) in [6.45, 7) is 0.693. The van der Waals surface area contributed by atoms with Crippen molar-refractivity contribution in [2.75, 3.05) is 0 Å². The molecule has 4 nitrogen and oxygen atoms in total. The number of amidine groups is 1. The fraction of sp³-hybridized carbons (Fsp3) is 0.0909. The lowest BCUT2D eigenvalue weighted by molar-refractivity contribution is -0.131. The third-order valence-corrected chi connectivity index (χ3v) is 3.49. The molecule has 0 spiro atoms. The summed E-state index contributed by atoms with van der Waals surface area (Å²) < 4.78 is 0. The summed E-state index contributed by atoms with van der Waals surface area (Å²) in [5.74, 6) is -0.897. The molecule has 0 saturated carbocycles. The summed E-state index contributed by atoms with van der Waals surface area (Å²) in [4.78, 5) is 17.5. The van der Waals surface area contributed by atoms with Crippen LogP contribution >= 0.6 is 11.8 Å². The predicted octanol–water partition coefficient (Wildman–Crippen LogP) is 2.16. The van der Waals surface area contributed by atoms with E-state index in [9.17, 15) is 4.79 Å². The highest BCUT2D eigenvalue weighted by Crippen LogP contribution is 2.36. The number of carbonyl (C=O) groups is 1. The first-order chi connectivity index (χ1) is 7.74. The second-order valence-electron chi connectivity index (χ2n) is 3.55. The van der Waals surface area contributed by atoms with Gasteiger partial charge in [0, 0.05) is 6.20 Å². The Bertz CT molecular complexity index is 537. The zero-order chi connectivity index (χ0) is 11.1. The Morgan fingerprint density at radius 3 is 3.06 bits per heavy atom. The molecule has 80 valence electrons. The number of hydrogen-bond acceptors (Lipinski definition) is 4. The number of aliphatic carboxylic acids is 1. The zero-order valence-electron chi connectivity index (χ0n) is 8.25.